The Bertz CT molecular complexity index is 800. The molecule has 2 fully saturated rings. The number of fused-ring (bicyclic) bond motifs is 1. The van der Waals surface area contributed by atoms with Gasteiger partial charge in [0.05, 0.1) is 0 Å². The number of aromatic amines is 1. The lowest BCUT2D eigenvalue weighted by molar-refractivity contribution is 0.215. The van der Waals surface area contributed by atoms with Gasteiger partial charge in [0.1, 0.15) is 5.82 Å². The second kappa shape index (κ2) is 7.10. The molecule has 5 nitrogen and oxygen atoms in total. The van der Waals surface area contributed by atoms with Crippen LogP contribution in [0.4, 0.5) is 0 Å². The summed E-state index contributed by atoms with van der Waals surface area (Å²) in [5.74, 6) is 0.657. The number of hydrogen-bond acceptors (Lipinski definition) is 4. The van der Waals surface area contributed by atoms with Crippen LogP contribution in [0.15, 0.2) is 35.1 Å². The topological polar surface area (TPSA) is 52.2 Å². The highest BCUT2D eigenvalue weighted by Crippen LogP contribution is 2.23. The average molecular weight is 338 g/mol. The molecular formula is C20H26N4O. The molecule has 1 aromatic heterocycles. The summed E-state index contributed by atoms with van der Waals surface area (Å²) in [6.45, 7) is 7.68. The Balaban J connectivity index is 1.52. The fourth-order valence-electron chi connectivity index (χ4n) is 4.22. The van der Waals surface area contributed by atoms with E-state index in [0.717, 1.165) is 30.4 Å². The molecule has 5 heteroatoms. The summed E-state index contributed by atoms with van der Waals surface area (Å²) in [7, 11) is 0. The lowest BCUT2D eigenvalue weighted by Crippen LogP contribution is -2.36. The molecule has 132 valence electrons. The normalized spacial score (nSPS) is 21.9. The average Bonchev–Trinajstić information content (AvgIpc) is 2.93. The Morgan fingerprint density at radius 1 is 1.20 bits per heavy atom. The molecule has 2 aromatic rings. The van der Waals surface area contributed by atoms with E-state index in [9.17, 15) is 4.79 Å². The Labute approximate surface area is 148 Å². The van der Waals surface area contributed by atoms with E-state index in [2.05, 4.69) is 38.0 Å². The van der Waals surface area contributed by atoms with E-state index in [-0.39, 0.29) is 5.56 Å². The minimum absolute atomic E-state index is 0.0956. The van der Waals surface area contributed by atoms with Crippen molar-refractivity contribution in [2.75, 3.05) is 26.2 Å². The summed E-state index contributed by atoms with van der Waals surface area (Å²) in [6, 6.07) is 10.7. The van der Waals surface area contributed by atoms with Crippen LogP contribution in [0.25, 0.3) is 11.4 Å². The first-order valence-corrected chi connectivity index (χ1v) is 9.31. The number of nitrogens with zero attached hydrogens (tertiary/aromatic N) is 3. The van der Waals surface area contributed by atoms with Crippen molar-refractivity contribution in [1.29, 1.82) is 0 Å². The number of nitrogens with one attached hydrogen (secondary N) is 1. The largest absolute Gasteiger partial charge is 0.307 e. The van der Waals surface area contributed by atoms with Gasteiger partial charge in [-0.05, 0) is 57.5 Å². The lowest BCUT2D eigenvalue weighted by atomic mass is 10.1. The van der Waals surface area contributed by atoms with Crippen molar-refractivity contribution >= 4 is 0 Å². The van der Waals surface area contributed by atoms with Gasteiger partial charge >= 0.3 is 0 Å². The first kappa shape index (κ1) is 16.5. The van der Waals surface area contributed by atoms with Crippen LogP contribution in [0.1, 0.15) is 30.5 Å². The third-order valence-electron chi connectivity index (χ3n) is 5.36. The summed E-state index contributed by atoms with van der Waals surface area (Å²) in [4.78, 5) is 24.3. The Kier molecular flexibility index (Phi) is 4.68. The van der Waals surface area contributed by atoms with E-state index in [4.69, 9.17) is 0 Å². The molecule has 2 saturated heterocycles. The second-order valence-electron chi connectivity index (χ2n) is 7.36. The molecule has 0 bridgehead atoms. The summed E-state index contributed by atoms with van der Waals surface area (Å²) in [5.41, 5.74) is 2.92. The third-order valence-corrected chi connectivity index (χ3v) is 5.36. The van der Waals surface area contributed by atoms with Crippen molar-refractivity contribution in [1.82, 2.24) is 19.8 Å². The SMILES string of the molecule is Cc1cc(=O)[nH]c(-c2cccc(CN3CCCN4CCC[C@H]4C3)c2)n1. The molecule has 25 heavy (non-hydrogen) atoms. The van der Waals surface area contributed by atoms with Gasteiger partial charge in [-0.2, -0.15) is 0 Å². The van der Waals surface area contributed by atoms with Crippen molar-refractivity contribution in [2.24, 2.45) is 0 Å². The molecule has 3 heterocycles. The lowest BCUT2D eigenvalue weighted by Gasteiger charge is -2.25. The molecule has 1 aromatic carbocycles. The molecular weight excluding hydrogens is 312 g/mol. The second-order valence-corrected chi connectivity index (χ2v) is 7.36. The van der Waals surface area contributed by atoms with Gasteiger partial charge in [0.25, 0.3) is 5.56 Å². The Morgan fingerprint density at radius 2 is 2.08 bits per heavy atom. The molecule has 0 spiro atoms. The minimum Gasteiger partial charge on any atom is -0.307 e. The van der Waals surface area contributed by atoms with Gasteiger partial charge in [0.15, 0.2) is 0 Å². The zero-order valence-electron chi connectivity index (χ0n) is 14.9. The number of benzene rings is 1. The molecule has 4 rings (SSSR count). The minimum atomic E-state index is -0.0956. The maximum Gasteiger partial charge on any atom is 0.251 e. The van der Waals surface area contributed by atoms with E-state index in [1.807, 2.05) is 13.0 Å². The molecule has 0 amide bonds. The first-order chi connectivity index (χ1) is 12.2. The van der Waals surface area contributed by atoms with Gasteiger partial charge in [-0.3, -0.25) is 14.6 Å². The van der Waals surface area contributed by atoms with Crippen molar-refractivity contribution in [3.05, 3.63) is 51.9 Å². The number of H-pyrrole nitrogens is 1. The number of hydrogen-bond donors (Lipinski definition) is 1. The number of aromatic nitrogens is 2. The van der Waals surface area contributed by atoms with Gasteiger partial charge in [-0.25, -0.2) is 4.98 Å². The smallest absolute Gasteiger partial charge is 0.251 e. The van der Waals surface area contributed by atoms with Crippen molar-refractivity contribution < 1.29 is 0 Å². The van der Waals surface area contributed by atoms with Gasteiger partial charge in [0, 0.05) is 36.5 Å². The number of aryl methyl sites for hydroxylation is 1. The van der Waals surface area contributed by atoms with Gasteiger partial charge in [-0.15, -0.1) is 0 Å². The summed E-state index contributed by atoms with van der Waals surface area (Å²) < 4.78 is 0. The summed E-state index contributed by atoms with van der Waals surface area (Å²) >= 11 is 0. The highest BCUT2D eigenvalue weighted by Gasteiger charge is 2.28. The summed E-state index contributed by atoms with van der Waals surface area (Å²) in [6.07, 6.45) is 3.94. The van der Waals surface area contributed by atoms with Crippen LogP contribution in [-0.4, -0.2) is 52.0 Å². The molecule has 0 aliphatic carbocycles. The van der Waals surface area contributed by atoms with Crippen molar-refractivity contribution in [2.45, 2.75) is 38.8 Å². The fourth-order valence-corrected chi connectivity index (χ4v) is 4.22. The van der Waals surface area contributed by atoms with Crippen LogP contribution in [0.5, 0.6) is 0 Å². The Hall–Kier alpha value is -1.98. The predicted molar refractivity (Wildman–Crippen MR) is 99.5 cm³/mol. The van der Waals surface area contributed by atoms with Gasteiger partial charge in [0.2, 0.25) is 0 Å². The van der Waals surface area contributed by atoms with E-state index >= 15 is 0 Å². The fraction of sp³-hybridized carbons (Fsp3) is 0.500. The zero-order valence-corrected chi connectivity index (χ0v) is 14.9. The van der Waals surface area contributed by atoms with Crippen LogP contribution in [0.2, 0.25) is 0 Å². The third kappa shape index (κ3) is 3.83. The molecule has 0 radical (unpaired) electrons. The standard InChI is InChI=1S/C20H26N4O/c1-15-11-19(25)22-20(21-15)17-6-2-5-16(12-17)13-23-8-4-10-24-9-3-7-18(24)14-23/h2,5-6,11-12,18H,3-4,7-10,13-14H2,1H3,(H,21,22,25)/t18-/m0/s1. The first-order valence-electron chi connectivity index (χ1n) is 9.31. The quantitative estimate of drug-likeness (QED) is 0.934. The van der Waals surface area contributed by atoms with Crippen LogP contribution in [-0.2, 0) is 6.54 Å². The van der Waals surface area contributed by atoms with E-state index in [1.54, 1.807) is 0 Å². The van der Waals surface area contributed by atoms with Crippen LogP contribution in [0, 0.1) is 6.92 Å². The van der Waals surface area contributed by atoms with Gasteiger partial charge in [-0.1, -0.05) is 18.2 Å². The number of rotatable bonds is 3. The monoisotopic (exact) mass is 338 g/mol. The molecule has 2 aliphatic heterocycles. The highest BCUT2D eigenvalue weighted by molar-refractivity contribution is 5.55. The molecule has 2 aliphatic rings. The van der Waals surface area contributed by atoms with Crippen molar-refractivity contribution in [3.8, 4) is 11.4 Å². The maximum atomic E-state index is 11.7. The molecule has 0 saturated carbocycles. The molecule has 1 atom stereocenters. The molecule has 0 unspecified atom stereocenters. The van der Waals surface area contributed by atoms with Crippen LogP contribution >= 0.6 is 0 Å². The molecule has 1 N–H and O–H groups in total. The maximum absolute atomic E-state index is 11.7. The van der Waals surface area contributed by atoms with E-state index in [0.29, 0.717) is 5.82 Å². The van der Waals surface area contributed by atoms with Crippen LogP contribution < -0.4 is 5.56 Å². The van der Waals surface area contributed by atoms with Gasteiger partial charge < -0.3 is 4.98 Å². The highest BCUT2D eigenvalue weighted by atomic mass is 16.1. The van der Waals surface area contributed by atoms with Crippen molar-refractivity contribution in [3.63, 3.8) is 0 Å². The summed E-state index contributed by atoms with van der Waals surface area (Å²) in [5, 5.41) is 0. The zero-order chi connectivity index (χ0) is 17.2. The predicted octanol–water partition coefficient (Wildman–Crippen LogP) is 2.42. The van der Waals surface area contributed by atoms with Crippen LogP contribution in [0.3, 0.4) is 0 Å². The van der Waals surface area contributed by atoms with E-state index < -0.39 is 0 Å². The Morgan fingerprint density at radius 3 is 2.96 bits per heavy atom. The van der Waals surface area contributed by atoms with E-state index in [1.165, 1.54) is 50.5 Å².